The van der Waals surface area contributed by atoms with Crippen molar-refractivity contribution in [2.24, 2.45) is 0 Å². The molecule has 260 valence electrons. The Morgan fingerprint density at radius 2 is 1.53 bits per heavy atom. The predicted molar refractivity (Wildman–Crippen MR) is 195 cm³/mol. The third kappa shape index (κ3) is 6.55. The second-order valence-electron chi connectivity index (χ2n) is 13.7. The van der Waals surface area contributed by atoms with Crippen molar-refractivity contribution in [2.45, 2.75) is 44.8 Å². The van der Waals surface area contributed by atoms with Gasteiger partial charge in [-0.25, -0.2) is 4.39 Å². The fraction of sp³-hybridized carbons (Fsp3) is 0.286. The number of benzene rings is 4. The van der Waals surface area contributed by atoms with Gasteiger partial charge in [-0.1, -0.05) is 42.5 Å². The van der Waals surface area contributed by atoms with Crippen molar-refractivity contribution in [3.8, 4) is 17.0 Å². The van der Waals surface area contributed by atoms with Gasteiger partial charge >= 0.3 is 0 Å². The van der Waals surface area contributed by atoms with E-state index in [0.717, 1.165) is 50.2 Å². The van der Waals surface area contributed by atoms with Crippen LogP contribution in [0.3, 0.4) is 0 Å². The standard InChI is InChI=1S/C42H41FN4O4/c43-31-13-18-36(41(49)46-27-30-9-5-4-8-29(30)24-34(46)28-44-20-22-51-23-21-44)37(25-31)40-26-38(39-12-6-7-19-45(39)40)42(50)47(32-10-2-1-3-11-32)33-14-16-35(48)17-15-33/h1-5,8-11,13-18,25-26,34,48H,6-7,12,19-24,27-28H2/t34-/m0/s1. The number of carbonyl (C=O) groups is 2. The van der Waals surface area contributed by atoms with Gasteiger partial charge in [0.1, 0.15) is 11.6 Å². The Bertz CT molecular complexity index is 2060. The van der Waals surface area contributed by atoms with Crippen LogP contribution in [0.4, 0.5) is 15.8 Å². The van der Waals surface area contributed by atoms with Crippen LogP contribution < -0.4 is 4.90 Å². The van der Waals surface area contributed by atoms with Crippen LogP contribution >= 0.6 is 0 Å². The van der Waals surface area contributed by atoms with Gasteiger partial charge in [-0.15, -0.1) is 0 Å². The van der Waals surface area contributed by atoms with Crippen molar-refractivity contribution in [3.05, 3.63) is 137 Å². The highest BCUT2D eigenvalue weighted by Gasteiger charge is 2.35. The maximum Gasteiger partial charge on any atom is 0.264 e. The summed E-state index contributed by atoms with van der Waals surface area (Å²) in [6, 6.07) is 30.5. The lowest BCUT2D eigenvalue weighted by molar-refractivity contribution is 0.0193. The summed E-state index contributed by atoms with van der Waals surface area (Å²) in [6.07, 6.45) is 3.25. The number of aromatic hydroxyl groups is 1. The van der Waals surface area contributed by atoms with Crippen LogP contribution in [-0.2, 0) is 30.7 Å². The van der Waals surface area contributed by atoms with Crippen LogP contribution in [-0.4, -0.2) is 70.2 Å². The van der Waals surface area contributed by atoms with Gasteiger partial charge in [0, 0.05) is 72.7 Å². The van der Waals surface area contributed by atoms with Gasteiger partial charge in [0.25, 0.3) is 11.8 Å². The quantitative estimate of drug-likeness (QED) is 0.196. The Kier molecular flexibility index (Phi) is 9.15. The number of anilines is 2. The predicted octanol–water partition coefficient (Wildman–Crippen LogP) is 7.21. The zero-order valence-electron chi connectivity index (χ0n) is 28.5. The minimum absolute atomic E-state index is 0.0634. The molecule has 4 aromatic carbocycles. The van der Waals surface area contributed by atoms with Crippen LogP contribution in [0.15, 0.2) is 103 Å². The maximum atomic E-state index is 15.3. The second-order valence-corrected chi connectivity index (χ2v) is 13.7. The Morgan fingerprint density at radius 1 is 0.804 bits per heavy atom. The first-order valence-electron chi connectivity index (χ1n) is 17.8. The SMILES string of the molecule is O=C(c1cc(-c2cc(F)ccc2C(=O)N2Cc3ccccc3C[C@H]2CN2CCOCC2)n2c1CCCC2)N(c1ccccc1)c1ccc(O)cc1. The number of aromatic nitrogens is 1. The first-order chi connectivity index (χ1) is 24.9. The molecule has 51 heavy (non-hydrogen) atoms. The van der Waals surface area contributed by atoms with Crippen molar-refractivity contribution >= 4 is 23.2 Å². The number of phenolic OH excluding ortho intramolecular Hbond substituents is 1. The molecule has 5 aromatic rings. The van der Waals surface area contributed by atoms with E-state index in [1.807, 2.05) is 47.4 Å². The lowest BCUT2D eigenvalue weighted by atomic mass is 9.92. The highest BCUT2D eigenvalue weighted by atomic mass is 19.1. The van der Waals surface area contributed by atoms with Gasteiger partial charge in [-0.05, 0) is 97.5 Å². The average molecular weight is 685 g/mol. The molecule has 0 unspecified atom stereocenters. The first-order valence-corrected chi connectivity index (χ1v) is 17.8. The third-order valence-corrected chi connectivity index (χ3v) is 10.5. The van der Waals surface area contributed by atoms with Crippen molar-refractivity contribution in [3.63, 3.8) is 0 Å². The first kappa shape index (κ1) is 32.9. The van der Waals surface area contributed by atoms with Gasteiger partial charge in [0.15, 0.2) is 0 Å². The molecule has 1 aromatic heterocycles. The molecule has 1 saturated heterocycles. The number of ether oxygens (including phenoxy) is 1. The molecule has 1 N–H and O–H groups in total. The van der Waals surface area contributed by atoms with E-state index in [2.05, 4.69) is 27.7 Å². The Balaban J connectivity index is 1.20. The fourth-order valence-electron chi connectivity index (χ4n) is 7.91. The van der Waals surface area contributed by atoms with Crippen LogP contribution in [0.1, 0.15) is 50.4 Å². The molecule has 8 nitrogen and oxygen atoms in total. The molecule has 3 aliphatic rings. The van der Waals surface area contributed by atoms with Crippen LogP contribution in [0.2, 0.25) is 0 Å². The number of para-hydroxylation sites is 1. The minimum Gasteiger partial charge on any atom is -0.508 e. The summed E-state index contributed by atoms with van der Waals surface area (Å²) in [4.78, 5) is 35.5. The number of amides is 2. The van der Waals surface area contributed by atoms with Gasteiger partial charge < -0.3 is 19.3 Å². The van der Waals surface area contributed by atoms with E-state index < -0.39 is 5.82 Å². The van der Waals surface area contributed by atoms with Gasteiger partial charge in [-0.3, -0.25) is 19.4 Å². The largest absolute Gasteiger partial charge is 0.508 e. The summed E-state index contributed by atoms with van der Waals surface area (Å²) >= 11 is 0. The molecule has 0 bridgehead atoms. The van der Waals surface area contributed by atoms with E-state index in [-0.39, 0.29) is 23.6 Å². The Morgan fingerprint density at radius 3 is 2.31 bits per heavy atom. The third-order valence-electron chi connectivity index (χ3n) is 10.5. The number of rotatable bonds is 7. The summed E-state index contributed by atoms with van der Waals surface area (Å²) in [7, 11) is 0. The van der Waals surface area contributed by atoms with Crippen molar-refractivity contribution < 1.29 is 23.8 Å². The number of morpholine rings is 1. The molecule has 0 spiro atoms. The molecule has 0 radical (unpaired) electrons. The highest BCUT2D eigenvalue weighted by Crippen LogP contribution is 2.37. The molecule has 1 fully saturated rings. The lowest BCUT2D eigenvalue weighted by Crippen LogP contribution is -2.52. The molecule has 9 heteroatoms. The van der Waals surface area contributed by atoms with Gasteiger partial charge in [0.05, 0.1) is 18.8 Å². The fourth-order valence-corrected chi connectivity index (χ4v) is 7.91. The molecular weight excluding hydrogens is 643 g/mol. The maximum absolute atomic E-state index is 15.3. The molecular formula is C42H41FN4O4. The van der Waals surface area contributed by atoms with Crippen LogP contribution in [0, 0.1) is 5.82 Å². The normalized spacial score (nSPS) is 17.4. The van der Waals surface area contributed by atoms with E-state index in [9.17, 15) is 14.7 Å². The Hall–Kier alpha value is -5.25. The van der Waals surface area contributed by atoms with Gasteiger partial charge in [-0.2, -0.15) is 0 Å². The zero-order chi connectivity index (χ0) is 34.9. The number of fused-ring (bicyclic) bond motifs is 2. The van der Waals surface area contributed by atoms with Gasteiger partial charge in [0.2, 0.25) is 0 Å². The number of hydrogen-bond donors (Lipinski definition) is 1. The van der Waals surface area contributed by atoms with Crippen LogP contribution in [0.25, 0.3) is 11.3 Å². The average Bonchev–Trinajstić information content (AvgIpc) is 3.56. The van der Waals surface area contributed by atoms with E-state index in [1.165, 1.54) is 17.7 Å². The number of carbonyl (C=O) groups excluding carboxylic acids is 2. The molecule has 0 saturated carbocycles. The van der Waals surface area contributed by atoms with Crippen molar-refractivity contribution in [1.29, 1.82) is 0 Å². The topological polar surface area (TPSA) is 78.3 Å². The molecule has 2 amide bonds. The lowest BCUT2D eigenvalue weighted by Gasteiger charge is -2.40. The molecule has 0 aliphatic carbocycles. The van der Waals surface area contributed by atoms with Crippen molar-refractivity contribution in [1.82, 2.24) is 14.4 Å². The molecule has 4 heterocycles. The van der Waals surface area contributed by atoms with E-state index in [1.54, 1.807) is 35.2 Å². The summed E-state index contributed by atoms with van der Waals surface area (Å²) in [6.45, 7) is 4.84. The monoisotopic (exact) mass is 684 g/mol. The molecule has 1 atom stereocenters. The summed E-state index contributed by atoms with van der Waals surface area (Å²) in [5.74, 6) is -0.710. The van der Waals surface area contributed by atoms with E-state index >= 15 is 4.39 Å². The second kappa shape index (κ2) is 14.2. The van der Waals surface area contributed by atoms with Crippen LogP contribution in [0.5, 0.6) is 5.75 Å². The number of hydrogen-bond acceptors (Lipinski definition) is 5. The van der Waals surface area contributed by atoms with E-state index in [4.69, 9.17) is 4.74 Å². The van der Waals surface area contributed by atoms with E-state index in [0.29, 0.717) is 66.5 Å². The van der Waals surface area contributed by atoms with Crippen molar-refractivity contribution in [2.75, 3.05) is 37.7 Å². The highest BCUT2D eigenvalue weighted by molar-refractivity contribution is 6.12. The zero-order valence-corrected chi connectivity index (χ0v) is 28.5. The number of nitrogens with zero attached hydrogens (tertiary/aromatic N) is 4. The molecule has 8 rings (SSSR count). The summed E-state index contributed by atoms with van der Waals surface area (Å²) in [5.41, 5.74) is 6.63. The summed E-state index contributed by atoms with van der Waals surface area (Å²) in [5, 5.41) is 10.0. The summed E-state index contributed by atoms with van der Waals surface area (Å²) < 4.78 is 23.0. The Labute approximate surface area is 297 Å². The minimum atomic E-state index is -0.440. The smallest absolute Gasteiger partial charge is 0.264 e. The molecule has 3 aliphatic heterocycles. The number of halogens is 1. The number of phenols is 1.